The minimum absolute atomic E-state index is 0.270. The molecule has 8 heteroatoms. The predicted octanol–water partition coefficient (Wildman–Crippen LogP) is 4.13. The molecule has 1 aliphatic heterocycles. The lowest BCUT2D eigenvalue weighted by atomic mass is 9.97. The third-order valence-electron chi connectivity index (χ3n) is 4.33. The first-order valence-corrected chi connectivity index (χ1v) is 10.1. The lowest BCUT2D eigenvalue weighted by Crippen LogP contribution is -2.26. The number of thiazole rings is 2. The van der Waals surface area contributed by atoms with E-state index in [9.17, 15) is 9.18 Å². The minimum Gasteiger partial charge on any atom is -0.317 e. The van der Waals surface area contributed by atoms with Crippen LogP contribution in [0.3, 0.4) is 0 Å². The molecule has 0 atom stereocenters. The quantitative estimate of drug-likeness (QED) is 0.705. The van der Waals surface area contributed by atoms with Crippen LogP contribution in [0.4, 0.5) is 9.52 Å². The van der Waals surface area contributed by atoms with E-state index in [1.807, 2.05) is 6.20 Å². The third kappa shape index (κ3) is 3.67. The second kappa shape index (κ2) is 7.61. The highest BCUT2D eigenvalue weighted by Gasteiger charge is 2.19. The van der Waals surface area contributed by atoms with Crippen LogP contribution in [0.1, 0.15) is 34.1 Å². The summed E-state index contributed by atoms with van der Waals surface area (Å²) in [7, 11) is 0. The Kier molecular flexibility index (Phi) is 5.05. The van der Waals surface area contributed by atoms with Crippen LogP contribution < -0.4 is 10.6 Å². The fraction of sp³-hybridized carbons (Fsp3) is 0.278. The van der Waals surface area contributed by atoms with E-state index in [4.69, 9.17) is 0 Å². The molecule has 1 aliphatic rings. The minimum atomic E-state index is -0.347. The molecule has 0 aliphatic carbocycles. The summed E-state index contributed by atoms with van der Waals surface area (Å²) < 4.78 is 13.9. The Balaban J connectivity index is 1.46. The van der Waals surface area contributed by atoms with Crippen molar-refractivity contribution in [1.29, 1.82) is 0 Å². The molecule has 2 N–H and O–H groups in total. The summed E-state index contributed by atoms with van der Waals surface area (Å²) in [5.74, 6) is -0.165. The molecule has 0 bridgehead atoms. The Labute approximate surface area is 158 Å². The first-order chi connectivity index (χ1) is 12.7. The summed E-state index contributed by atoms with van der Waals surface area (Å²) in [6.45, 7) is 2.03. The van der Waals surface area contributed by atoms with E-state index < -0.39 is 0 Å². The Morgan fingerprint density at radius 3 is 2.88 bits per heavy atom. The van der Waals surface area contributed by atoms with Crippen LogP contribution in [0, 0.1) is 5.82 Å². The number of benzene rings is 1. The van der Waals surface area contributed by atoms with Gasteiger partial charge in [-0.1, -0.05) is 12.1 Å². The highest BCUT2D eigenvalue weighted by atomic mass is 32.1. The first-order valence-electron chi connectivity index (χ1n) is 8.39. The molecule has 0 unspecified atom stereocenters. The van der Waals surface area contributed by atoms with Gasteiger partial charge in [0.05, 0.1) is 0 Å². The van der Waals surface area contributed by atoms with Gasteiger partial charge in [-0.15, -0.1) is 22.7 Å². The van der Waals surface area contributed by atoms with E-state index in [2.05, 4.69) is 20.6 Å². The van der Waals surface area contributed by atoms with E-state index in [-0.39, 0.29) is 17.4 Å². The zero-order valence-electron chi connectivity index (χ0n) is 13.9. The number of amides is 1. The number of nitrogens with one attached hydrogen (secondary N) is 2. The third-order valence-corrected chi connectivity index (χ3v) is 6.28. The number of aromatic nitrogens is 2. The van der Waals surface area contributed by atoms with E-state index >= 15 is 0 Å². The van der Waals surface area contributed by atoms with Crippen molar-refractivity contribution in [2.75, 3.05) is 18.4 Å². The van der Waals surface area contributed by atoms with Gasteiger partial charge in [0, 0.05) is 22.0 Å². The first kappa shape index (κ1) is 17.3. The van der Waals surface area contributed by atoms with Gasteiger partial charge in [0.2, 0.25) is 0 Å². The monoisotopic (exact) mass is 388 g/mol. The number of halogens is 1. The molecule has 0 spiro atoms. The van der Waals surface area contributed by atoms with Crippen molar-refractivity contribution in [3.63, 3.8) is 0 Å². The number of piperidine rings is 1. The van der Waals surface area contributed by atoms with E-state index in [0.29, 0.717) is 21.6 Å². The molecular formula is C18H17FN4OS2. The van der Waals surface area contributed by atoms with Gasteiger partial charge in [-0.05, 0) is 44.0 Å². The van der Waals surface area contributed by atoms with Gasteiger partial charge < -0.3 is 5.32 Å². The second-order valence-corrected chi connectivity index (χ2v) is 7.98. The Bertz CT molecular complexity index is 917. The van der Waals surface area contributed by atoms with Gasteiger partial charge in [-0.3, -0.25) is 10.1 Å². The van der Waals surface area contributed by atoms with Crippen molar-refractivity contribution in [2.45, 2.75) is 18.8 Å². The maximum absolute atomic E-state index is 13.9. The van der Waals surface area contributed by atoms with Gasteiger partial charge >= 0.3 is 0 Å². The summed E-state index contributed by atoms with van der Waals surface area (Å²) in [6.07, 6.45) is 4.03. The van der Waals surface area contributed by atoms with Crippen molar-refractivity contribution in [3.8, 4) is 10.6 Å². The smallest absolute Gasteiger partial charge is 0.276 e. The average Bonchev–Trinajstić information content (AvgIpc) is 3.33. The SMILES string of the molecule is O=C(Nc1ncc(C2CCNCC2)s1)c1csc(-c2ccccc2F)n1. The van der Waals surface area contributed by atoms with Gasteiger partial charge in [-0.2, -0.15) is 0 Å². The van der Waals surface area contributed by atoms with Crippen molar-refractivity contribution in [3.05, 3.63) is 52.2 Å². The van der Waals surface area contributed by atoms with Crippen LogP contribution in [0.15, 0.2) is 35.8 Å². The second-order valence-electron chi connectivity index (χ2n) is 6.06. The molecule has 1 aromatic carbocycles. The van der Waals surface area contributed by atoms with Crippen LogP contribution in [0.2, 0.25) is 0 Å². The summed E-state index contributed by atoms with van der Waals surface area (Å²) in [5, 5.41) is 8.84. The highest BCUT2D eigenvalue weighted by Crippen LogP contribution is 2.32. The highest BCUT2D eigenvalue weighted by molar-refractivity contribution is 7.16. The lowest BCUT2D eigenvalue weighted by molar-refractivity contribution is 0.102. The van der Waals surface area contributed by atoms with Crippen LogP contribution in [-0.2, 0) is 0 Å². The van der Waals surface area contributed by atoms with Crippen molar-refractivity contribution in [1.82, 2.24) is 15.3 Å². The number of nitrogens with zero attached hydrogens (tertiary/aromatic N) is 2. The van der Waals surface area contributed by atoms with Crippen LogP contribution in [0.5, 0.6) is 0 Å². The van der Waals surface area contributed by atoms with Crippen LogP contribution in [-0.4, -0.2) is 29.0 Å². The number of carbonyl (C=O) groups is 1. The topological polar surface area (TPSA) is 66.9 Å². The predicted molar refractivity (Wildman–Crippen MR) is 102 cm³/mol. The molecule has 1 saturated heterocycles. The molecule has 1 fully saturated rings. The average molecular weight is 388 g/mol. The molecule has 2 aromatic heterocycles. The molecule has 3 aromatic rings. The molecule has 5 nitrogen and oxygen atoms in total. The largest absolute Gasteiger partial charge is 0.317 e. The Morgan fingerprint density at radius 2 is 2.08 bits per heavy atom. The molecule has 3 heterocycles. The molecule has 26 heavy (non-hydrogen) atoms. The fourth-order valence-corrected chi connectivity index (χ4v) is 4.74. The summed E-state index contributed by atoms with van der Waals surface area (Å²) in [5.41, 5.74) is 0.672. The zero-order chi connectivity index (χ0) is 17.9. The number of hydrogen-bond donors (Lipinski definition) is 2. The summed E-state index contributed by atoms with van der Waals surface area (Å²) in [4.78, 5) is 22.2. The van der Waals surface area contributed by atoms with Crippen molar-refractivity contribution in [2.24, 2.45) is 0 Å². The van der Waals surface area contributed by atoms with Gasteiger partial charge in [0.1, 0.15) is 16.5 Å². The standard InChI is InChI=1S/C18H17FN4OS2/c19-13-4-2-1-3-12(13)17-22-14(10-25-17)16(24)23-18-21-9-15(26-18)11-5-7-20-8-6-11/h1-4,9-11,20H,5-8H2,(H,21,23,24). The van der Waals surface area contributed by atoms with Gasteiger partial charge in [0.25, 0.3) is 5.91 Å². The summed E-state index contributed by atoms with van der Waals surface area (Å²) in [6, 6.07) is 6.41. The zero-order valence-corrected chi connectivity index (χ0v) is 15.5. The molecule has 134 valence electrons. The molecule has 0 saturated carbocycles. The Hall–Kier alpha value is -2.16. The van der Waals surface area contributed by atoms with Gasteiger partial charge in [0.15, 0.2) is 5.13 Å². The summed E-state index contributed by atoms with van der Waals surface area (Å²) >= 11 is 2.76. The van der Waals surface area contributed by atoms with E-state index in [1.54, 1.807) is 23.6 Å². The number of rotatable bonds is 4. The van der Waals surface area contributed by atoms with E-state index in [0.717, 1.165) is 25.9 Å². The molecular weight excluding hydrogens is 371 g/mol. The number of anilines is 1. The van der Waals surface area contributed by atoms with Crippen LogP contribution >= 0.6 is 22.7 Å². The maximum atomic E-state index is 13.9. The van der Waals surface area contributed by atoms with E-state index in [1.165, 1.54) is 33.6 Å². The maximum Gasteiger partial charge on any atom is 0.276 e. The Morgan fingerprint density at radius 1 is 1.27 bits per heavy atom. The van der Waals surface area contributed by atoms with Crippen LogP contribution in [0.25, 0.3) is 10.6 Å². The molecule has 0 radical (unpaired) electrons. The fourth-order valence-electron chi connectivity index (χ4n) is 2.94. The normalized spacial score (nSPS) is 15.1. The number of hydrogen-bond acceptors (Lipinski definition) is 6. The van der Waals surface area contributed by atoms with Crippen molar-refractivity contribution >= 4 is 33.7 Å². The van der Waals surface area contributed by atoms with Gasteiger partial charge in [-0.25, -0.2) is 14.4 Å². The molecule has 1 amide bonds. The lowest BCUT2D eigenvalue weighted by Gasteiger charge is -2.20. The van der Waals surface area contributed by atoms with Crippen molar-refractivity contribution < 1.29 is 9.18 Å². The number of carbonyl (C=O) groups excluding carboxylic acids is 1. The molecule has 4 rings (SSSR count).